The van der Waals surface area contributed by atoms with Gasteiger partial charge >= 0.3 is 0 Å². The maximum atomic E-state index is 5.45. The highest BCUT2D eigenvalue weighted by atomic mass is 16.5. The van der Waals surface area contributed by atoms with Crippen LogP contribution in [0.4, 0.5) is 0 Å². The molecule has 0 aromatic heterocycles. The Bertz CT molecular complexity index is 591. The molecule has 0 saturated carbocycles. The summed E-state index contributed by atoms with van der Waals surface area (Å²) in [7, 11) is 0. The third-order valence-electron chi connectivity index (χ3n) is 5.63. The highest BCUT2D eigenvalue weighted by Crippen LogP contribution is 2.13. The topological polar surface area (TPSA) is 52.1 Å². The van der Waals surface area contributed by atoms with Crippen LogP contribution in [0, 0.1) is 0 Å². The molecule has 2 fully saturated rings. The molecule has 2 heterocycles. The van der Waals surface area contributed by atoms with Gasteiger partial charge in [-0.25, -0.2) is 4.99 Å². The van der Waals surface area contributed by atoms with Gasteiger partial charge in [0.05, 0.1) is 19.8 Å². The highest BCUT2D eigenvalue weighted by molar-refractivity contribution is 5.79. The van der Waals surface area contributed by atoms with E-state index in [-0.39, 0.29) is 0 Å². The number of nitrogens with zero attached hydrogens (tertiary/aromatic N) is 3. The van der Waals surface area contributed by atoms with E-state index in [2.05, 4.69) is 58.5 Å². The minimum atomic E-state index is 0.470. The number of rotatable bonds is 8. The van der Waals surface area contributed by atoms with Crippen molar-refractivity contribution in [3.8, 4) is 0 Å². The van der Waals surface area contributed by atoms with Crippen LogP contribution in [0.15, 0.2) is 29.3 Å². The molecule has 0 aliphatic carbocycles. The number of morpholine rings is 1. The summed E-state index contributed by atoms with van der Waals surface area (Å²) in [6, 6.07) is 9.41. The summed E-state index contributed by atoms with van der Waals surface area (Å²) in [5, 5.41) is 6.86. The third-order valence-corrected chi connectivity index (χ3v) is 5.63. The molecule has 6 nitrogen and oxygen atoms in total. The van der Waals surface area contributed by atoms with Crippen LogP contribution in [-0.2, 0) is 17.8 Å². The zero-order chi connectivity index (χ0) is 19.6. The van der Waals surface area contributed by atoms with Gasteiger partial charge in [0, 0.05) is 38.8 Å². The van der Waals surface area contributed by atoms with Gasteiger partial charge in [0.15, 0.2) is 5.96 Å². The fraction of sp³-hybridized carbons (Fsp3) is 0.682. The van der Waals surface area contributed by atoms with E-state index in [4.69, 9.17) is 9.73 Å². The summed E-state index contributed by atoms with van der Waals surface area (Å²) in [5.74, 6) is 0.892. The molecule has 3 rings (SSSR count). The van der Waals surface area contributed by atoms with Crippen LogP contribution in [0.25, 0.3) is 0 Å². The Kier molecular flexibility index (Phi) is 8.58. The second-order valence-corrected chi connectivity index (χ2v) is 7.87. The van der Waals surface area contributed by atoms with Crippen molar-refractivity contribution in [2.24, 2.45) is 4.99 Å². The Morgan fingerprint density at radius 3 is 2.39 bits per heavy atom. The average Bonchev–Trinajstić information content (AvgIpc) is 3.24. The lowest BCUT2D eigenvalue weighted by Gasteiger charge is -2.32. The van der Waals surface area contributed by atoms with Gasteiger partial charge < -0.3 is 15.4 Å². The molecule has 2 N–H and O–H groups in total. The van der Waals surface area contributed by atoms with Gasteiger partial charge in [0.25, 0.3) is 0 Å². The molecule has 0 radical (unpaired) electrons. The fourth-order valence-corrected chi connectivity index (χ4v) is 3.85. The van der Waals surface area contributed by atoms with Crippen molar-refractivity contribution in [3.05, 3.63) is 35.4 Å². The van der Waals surface area contributed by atoms with E-state index in [0.717, 1.165) is 51.9 Å². The van der Waals surface area contributed by atoms with Crippen LogP contribution in [0.3, 0.4) is 0 Å². The first kappa shape index (κ1) is 21.1. The molecular formula is C22H37N5O. The fourth-order valence-electron chi connectivity index (χ4n) is 3.85. The van der Waals surface area contributed by atoms with Gasteiger partial charge in [-0.3, -0.25) is 9.80 Å². The van der Waals surface area contributed by atoms with E-state index in [9.17, 15) is 0 Å². The molecule has 1 aromatic rings. The summed E-state index contributed by atoms with van der Waals surface area (Å²) in [6.45, 7) is 14.1. The predicted octanol–water partition coefficient (Wildman–Crippen LogP) is 2.06. The molecule has 2 saturated heterocycles. The minimum absolute atomic E-state index is 0.470. The van der Waals surface area contributed by atoms with Crippen LogP contribution in [0.1, 0.15) is 37.8 Å². The highest BCUT2D eigenvalue weighted by Gasteiger charge is 2.17. The summed E-state index contributed by atoms with van der Waals surface area (Å²) in [4.78, 5) is 9.78. The van der Waals surface area contributed by atoms with Gasteiger partial charge in [-0.05, 0) is 50.9 Å². The van der Waals surface area contributed by atoms with E-state index in [1.165, 1.54) is 37.1 Å². The third kappa shape index (κ3) is 6.76. The molecule has 6 heteroatoms. The molecule has 2 aliphatic rings. The van der Waals surface area contributed by atoms with E-state index in [1.54, 1.807) is 0 Å². The number of likely N-dealkylation sites (tertiary alicyclic amines) is 1. The monoisotopic (exact) mass is 387 g/mol. The standard InChI is InChI=1S/C22H37N5O/c1-3-23-22(24-16-19(2)27-12-14-28-15-13-27)25-17-20-6-8-21(9-7-20)18-26-10-4-5-11-26/h6-9,19H,3-5,10-18H2,1-2H3,(H2,23,24,25). The van der Waals surface area contributed by atoms with Crippen LogP contribution < -0.4 is 10.6 Å². The normalized spacial score (nSPS) is 20.3. The summed E-state index contributed by atoms with van der Waals surface area (Å²) in [5.41, 5.74) is 2.66. The molecular weight excluding hydrogens is 350 g/mol. The zero-order valence-corrected chi connectivity index (χ0v) is 17.6. The summed E-state index contributed by atoms with van der Waals surface area (Å²) < 4.78 is 5.45. The van der Waals surface area contributed by atoms with Gasteiger partial charge in [-0.15, -0.1) is 0 Å². The van der Waals surface area contributed by atoms with Gasteiger partial charge in [0.1, 0.15) is 0 Å². The molecule has 156 valence electrons. The molecule has 28 heavy (non-hydrogen) atoms. The van der Waals surface area contributed by atoms with Crippen molar-refractivity contribution in [1.29, 1.82) is 0 Å². The SMILES string of the molecule is CCNC(=NCc1ccc(CN2CCCC2)cc1)NCC(C)N1CCOCC1. The van der Waals surface area contributed by atoms with Crippen molar-refractivity contribution in [2.75, 3.05) is 52.5 Å². The minimum Gasteiger partial charge on any atom is -0.379 e. The molecule has 0 amide bonds. The van der Waals surface area contributed by atoms with Crippen LogP contribution in [0.5, 0.6) is 0 Å². The van der Waals surface area contributed by atoms with Crippen molar-refractivity contribution in [2.45, 2.75) is 45.8 Å². The Morgan fingerprint density at radius 1 is 1.04 bits per heavy atom. The second kappa shape index (κ2) is 11.4. The van der Waals surface area contributed by atoms with Crippen LogP contribution in [-0.4, -0.2) is 74.3 Å². The summed E-state index contributed by atoms with van der Waals surface area (Å²) >= 11 is 0. The smallest absolute Gasteiger partial charge is 0.191 e. The zero-order valence-electron chi connectivity index (χ0n) is 17.6. The number of hydrogen-bond donors (Lipinski definition) is 2. The van der Waals surface area contributed by atoms with E-state index >= 15 is 0 Å². The van der Waals surface area contributed by atoms with Gasteiger partial charge in [0.2, 0.25) is 0 Å². The second-order valence-electron chi connectivity index (χ2n) is 7.87. The van der Waals surface area contributed by atoms with Crippen LogP contribution >= 0.6 is 0 Å². The first-order valence-electron chi connectivity index (χ1n) is 10.9. The number of guanidine groups is 1. The Hall–Kier alpha value is -1.63. The Labute approximate surface area is 170 Å². The molecule has 1 atom stereocenters. The lowest BCUT2D eigenvalue weighted by molar-refractivity contribution is 0.0211. The average molecular weight is 388 g/mol. The maximum absolute atomic E-state index is 5.45. The lowest BCUT2D eigenvalue weighted by Crippen LogP contribution is -2.49. The van der Waals surface area contributed by atoms with Crippen molar-refractivity contribution in [1.82, 2.24) is 20.4 Å². The summed E-state index contributed by atoms with van der Waals surface area (Å²) in [6.07, 6.45) is 2.69. The maximum Gasteiger partial charge on any atom is 0.191 e. The Balaban J connectivity index is 1.47. The first-order valence-corrected chi connectivity index (χ1v) is 10.9. The van der Waals surface area contributed by atoms with E-state index < -0.39 is 0 Å². The van der Waals surface area contributed by atoms with Gasteiger partial charge in [-0.1, -0.05) is 24.3 Å². The number of hydrogen-bond acceptors (Lipinski definition) is 4. The number of ether oxygens (including phenoxy) is 1. The number of benzene rings is 1. The molecule has 1 aromatic carbocycles. The van der Waals surface area contributed by atoms with Gasteiger partial charge in [-0.2, -0.15) is 0 Å². The number of aliphatic imine (C=N–C) groups is 1. The van der Waals surface area contributed by atoms with Crippen molar-refractivity contribution < 1.29 is 4.74 Å². The predicted molar refractivity (Wildman–Crippen MR) is 116 cm³/mol. The Morgan fingerprint density at radius 2 is 1.71 bits per heavy atom. The van der Waals surface area contributed by atoms with E-state index in [1.807, 2.05) is 0 Å². The largest absolute Gasteiger partial charge is 0.379 e. The molecule has 0 spiro atoms. The quantitative estimate of drug-likeness (QED) is 0.528. The van der Waals surface area contributed by atoms with Crippen molar-refractivity contribution in [3.63, 3.8) is 0 Å². The van der Waals surface area contributed by atoms with E-state index in [0.29, 0.717) is 12.6 Å². The molecule has 2 aliphatic heterocycles. The molecule has 0 bridgehead atoms. The van der Waals surface area contributed by atoms with Crippen molar-refractivity contribution >= 4 is 5.96 Å². The first-order chi connectivity index (χ1) is 13.7. The van der Waals surface area contributed by atoms with Crippen LogP contribution in [0.2, 0.25) is 0 Å². The number of nitrogens with one attached hydrogen (secondary N) is 2. The molecule has 1 unspecified atom stereocenters. The lowest BCUT2D eigenvalue weighted by atomic mass is 10.1.